The fourth-order valence-corrected chi connectivity index (χ4v) is 3.59. The van der Waals surface area contributed by atoms with Crippen LogP contribution in [0.25, 0.3) is 0 Å². The predicted molar refractivity (Wildman–Crippen MR) is 75.6 cm³/mol. The van der Waals surface area contributed by atoms with Gasteiger partial charge in [0.05, 0.1) is 0 Å². The van der Waals surface area contributed by atoms with Gasteiger partial charge in [0, 0.05) is 16.2 Å². The van der Waals surface area contributed by atoms with Gasteiger partial charge in [-0.2, -0.15) is 0 Å². The molecule has 90 valence electrons. The van der Waals surface area contributed by atoms with Crippen molar-refractivity contribution >= 4 is 27.3 Å². The van der Waals surface area contributed by atoms with E-state index in [0.717, 1.165) is 5.92 Å². The van der Waals surface area contributed by atoms with Crippen LogP contribution in [-0.4, -0.2) is 29.4 Å². The molecule has 1 saturated heterocycles. The lowest BCUT2D eigenvalue weighted by Gasteiger charge is -2.33. The molecule has 1 aliphatic rings. The van der Waals surface area contributed by atoms with Crippen molar-refractivity contribution in [1.29, 1.82) is 0 Å². The van der Waals surface area contributed by atoms with E-state index in [1.165, 1.54) is 43.8 Å². The molecule has 0 amide bonds. The molecule has 1 unspecified atom stereocenters. The minimum atomic E-state index is 0.687. The van der Waals surface area contributed by atoms with E-state index >= 15 is 0 Å². The van der Waals surface area contributed by atoms with E-state index in [2.05, 4.69) is 45.3 Å². The maximum Gasteiger partial charge on any atom is 0.0146 e. The van der Waals surface area contributed by atoms with Crippen molar-refractivity contribution in [2.24, 2.45) is 5.92 Å². The molecule has 0 radical (unpaired) electrons. The Morgan fingerprint density at radius 3 is 2.81 bits per heavy atom. The first-order chi connectivity index (χ1) is 7.75. The molecular weight excluding hydrogens is 282 g/mol. The highest BCUT2D eigenvalue weighted by Gasteiger charge is 2.21. The zero-order valence-corrected chi connectivity index (χ0v) is 12.3. The summed E-state index contributed by atoms with van der Waals surface area (Å²) in [5.41, 5.74) is 0. The lowest BCUT2D eigenvalue weighted by Crippen LogP contribution is -2.36. The Morgan fingerprint density at radius 2 is 2.25 bits per heavy atom. The summed E-state index contributed by atoms with van der Waals surface area (Å²) in [4.78, 5) is 4.83. The van der Waals surface area contributed by atoms with Gasteiger partial charge in [-0.3, -0.25) is 0 Å². The number of piperidine rings is 1. The van der Waals surface area contributed by atoms with Gasteiger partial charge in [-0.05, 0) is 49.7 Å². The minimum absolute atomic E-state index is 0.687. The molecule has 16 heavy (non-hydrogen) atoms. The summed E-state index contributed by atoms with van der Waals surface area (Å²) >= 11 is 5.59. The summed E-state index contributed by atoms with van der Waals surface area (Å²) in [7, 11) is 0. The molecule has 0 saturated carbocycles. The SMILES string of the molecule is CC(Br)C1CCN(CCc2cccs2)CC1. The number of nitrogens with zero attached hydrogens (tertiary/aromatic N) is 1. The Morgan fingerprint density at radius 1 is 1.50 bits per heavy atom. The van der Waals surface area contributed by atoms with Crippen LogP contribution < -0.4 is 0 Å². The summed E-state index contributed by atoms with van der Waals surface area (Å²) in [5.74, 6) is 0.887. The van der Waals surface area contributed by atoms with E-state index in [9.17, 15) is 0 Å². The average molecular weight is 302 g/mol. The summed E-state index contributed by atoms with van der Waals surface area (Å²) in [6, 6.07) is 4.40. The van der Waals surface area contributed by atoms with Gasteiger partial charge in [0.25, 0.3) is 0 Å². The van der Waals surface area contributed by atoms with Crippen molar-refractivity contribution in [3.8, 4) is 0 Å². The van der Waals surface area contributed by atoms with E-state index in [1.54, 1.807) is 0 Å². The molecule has 0 bridgehead atoms. The number of rotatable bonds is 4. The molecule has 3 heteroatoms. The van der Waals surface area contributed by atoms with Crippen molar-refractivity contribution in [3.05, 3.63) is 22.4 Å². The van der Waals surface area contributed by atoms with Gasteiger partial charge in [-0.1, -0.05) is 28.9 Å². The molecular formula is C13H20BrNS. The summed E-state index contributed by atoms with van der Waals surface area (Å²) < 4.78 is 0. The van der Waals surface area contributed by atoms with E-state index in [1.807, 2.05) is 11.3 Å². The second-order valence-corrected chi connectivity index (χ2v) is 7.16. The predicted octanol–water partition coefficient (Wildman–Crippen LogP) is 3.79. The lowest BCUT2D eigenvalue weighted by molar-refractivity contribution is 0.187. The highest BCUT2D eigenvalue weighted by atomic mass is 79.9. The molecule has 0 aliphatic carbocycles. The molecule has 0 aromatic carbocycles. The van der Waals surface area contributed by atoms with Gasteiger partial charge in [-0.25, -0.2) is 0 Å². The number of likely N-dealkylation sites (tertiary alicyclic amines) is 1. The highest BCUT2D eigenvalue weighted by molar-refractivity contribution is 9.09. The quantitative estimate of drug-likeness (QED) is 0.765. The number of alkyl halides is 1. The third-order valence-corrected chi connectivity index (χ3v) is 5.22. The minimum Gasteiger partial charge on any atom is -0.303 e. The maximum absolute atomic E-state index is 3.71. The Balaban J connectivity index is 1.69. The van der Waals surface area contributed by atoms with Crippen LogP contribution >= 0.6 is 27.3 Å². The van der Waals surface area contributed by atoms with Crippen LogP contribution in [0, 0.1) is 5.92 Å². The normalized spacial score (nSPS) is 21.1. The molecule has 2 rings (SSSR count). The molecule has 1 nitrogen and oxygen atoms in total. The first-order valence-electron chi connectivity index (χ1n) is 6.14. The molecule has 1 fully saturated rings. The Bertz CT molecular complexity index is 289. The molecule has 1 atom stereocenters. The summed E-state index contributed by atoms with van der Waals surface area (Å²) in [6.45, 7) is 6.09. The van der Waals surface area contributed by atoms with Crippen LogP contribution in [0.1, 0.15) is 24.6 Å². The van der Waals surface area contributed by atoms with Crippen LogP contribution in [-0.2, 0) is 6.42 Å². The van der Waals surface area contributed by atoms with Crippen molar-refractivity contribution < 1.29 is 0 Å². The van der Waals surface area contributed by atoms with Gasteiger partial charge in [0.2, 0.25) is 0 Å². The van der Waals surface area contributed by atoms with E-state index in [0.29, 0.717) is 4.83 Å². The van der Waals surface area contributed by atoms with Crippen molar-refractivity contribution in [3.63, 3.8) is 0 Å². The van der Waals surface area contributed by atoms with Crippen molar-refractivity contribution in [1.82, 2.24) is 4.90 Å². The standard InChI is InChI=1S/C13H20BrNS/c1-11(14)12-4-7-15(8-5-12)9-6-13-3-2-10-16-13/h2-3,10-12H,4-9H2,1H3. The molecule has 2 heterocycles. The summed E-state index contributed by atoms with van der Waals surface area (Å²) in [6.07, 6.45) is 3.94. The van der Waals surface area contributed by atoms with E-state index < -0.39 is 0 Å². The number of hydrogen-bond donors (Lipinski definition) is 0. The largest absolute Gasteiger partial charge is 0.303 e. The lowest BCUT2D eigenvalue weighted by atomic mass is 9.94. The van der Waals surface area contributed by atoms with Crippen LogP contribution in [0.3, 0.4) is 0 Å². The second-order valence-electron chi connectivity index (χ2n) is 4.69. The molecule has 1 aliphatic heterocycles. The van der Waals surface area contributed by atoms with E-state index in [4.69, 9.17) is 0 Å². The van der Waals surface area contributed by atoms with Gasteiger partial charge in [0.15, 0.2) is 0 Å². The zero-order chi connectivity index (χ0) is 11.4. The van der Waals surface area contributed by atoms with Gasteiger partial charge < -0.3 is 4.90 Å². The zero-order valence-electron chi connectivity index (χ0n) is 9.86. The maximum atomic E-state index is 3.71. The Kier molecular flexibility index (Phi) is 4.86. The van der Waals surface area contributed by atoms with Crippen LogP contribution in [0.15, 0.2) is 17.5 Å². The molecule has 1 aromatic heterocycles. The van der Waals surface area contributed by atoms with Crippen LogP contribution in [0.4, 0.5) is 0 Å². The average Bonchev–Trinajstić information content (AvgIpc) is 2.80. The van der Waals surface area contributed by atoms with Crippen molar-refractivity contribution in [2.45, 2.75) is 31.0 Å². The number of thiophene rings is 1. The summed E-state index contributed by atoms with van der Waals surface area (Å²) in [5, 5.41) is 2.17. The van der Waals surface area contributed by atoms with Crippen LogP contribution in [0.5, 0.6) is 0 Å². The van der Waals surface area contributed by atoms with Crippen molar-refractivity contribution in [2.75, 3.05) is 19.6 Å². The topological polar surface area (TPSA) is 3.24 Å². The molecule has 0 spiro atoms. The Labute approximate surface area is 111 Å². The number of halogens is 1. The fourth-order valence-electron chi connectivity index (χ4n) is 2.36. The molecule has 0 N–H and O–H groups in total. The first kappa shape index (κ1) is 12.6. The van der Waals surface area contributed by atoms with Gasteiger partial charge in [0.1, 0.15) is 0 Å². The fraction of sp³-hybridized carbons (Fsp3) is 0.692. The van der Waals surface area contributed by atoms with Crippen LogP contribution in [0.2, 0.25) is 0 Å². The molecule has 1 aromatic rings. The third-order valence-electron chi connectivity index (χ3n) is 3.54. The second kappa shape index (κ2) is 6.18. The Hall–Kier alpha value is 0.140. The smallest absolute Gasteiger partial charge is 0.0146 e. The van der Waals surface area contributed by atoms with Gasteiger partial charge >= 0.3 is 0 Å². The number of hydrogen-bond acceptors (Lipinski definition) is 2. The van der Waals surface area contributed by atoms with E-state index in [-0.39, 0.29) is 0 Å². The monoisotopic (exact) mass is 301 g/mol. The first-order valence-corrected chi connectivity index (χ1v) is 7.94. The third kappa shape index (κ3) is 3.57. The highest BCUT2D eigenvalue weighted by Crippen LogP contribution is 2.25. The van der Waals surface area contributed by atoms with Gasteiger partial charge in [-0.15, -0.1) is 11.3 Å².